The first-order valence-electron chi connectivity index (χ1n) is 6.03. The number of fused-ring (bicyclic) bond motifs is 2. The van der Waals surface area contributed by atoms with Gasteiger partial charge in [-0.15, -0.1) is 0 Å². The molecule has 0 aromatic heterocycles. The van der Waals surface area contributed by atoms with E-state index in [0.717, 1.165) is 0 Å². The van der Waals surface area contributed by atoms with E-state index in [1.54, 1.807) is 0 Å². The average molecular weight is 274 g/mol. The number of esters is 2. The SMILES string of the molecule is COC1(OC)C[C@@H]2C(OC(C)=O)[C@H]1O[C@H]2OC(C)=O. The lowest BCUT2D eigenvalue weighted by Gasteiger charge is -2.36. The summed E-state index contributed by atoms with van der Waals surface area (Å²) in [4.78, 5) is 22.2. The van der Waals surface area contributed by atoms with Crippen molar-refractivity contribution in [3.63, 3.8) is 0 Å². The molecule has 19 heavy (non-hydrogen) atoms. The van der Waals surface area contributed by atoms with Gasteiger partial charge in [0.15, 0.2) is 11.9 Å². The molecule has 1 heterocycles. The van der Waals surface area contributed by atoms with Crippen LogP contribution in [-0.4, -0.2) is 50.4 Å². The Morgan fingerprint density at radius 3 is 2.16 bits per heavy atom. The Hall–Kier alpha value is -1.18. The summed E-state index contributed by atoms with van der Waals surface area (Å²) < 4.78 is 26.7. The highest BCUT2D eigenvalue weighted by Crippen LogP contribution is 2.50. The van der Waals surface area contributed by atoms with Crippen LogP contribution in [0.4, 0.5) is 0 Å². The zero-order chi connectivity index (χ0) is 14.2. The molecule has 4 atom stereocenters. The molecule has 0 radical (unpaired) electrons. The lowest BCUT2D eigenvalue weighted by molar-refractivity contribution is -0.305. The number of methoxy groups -OCH3 is 2. The predicted molar refractivity (Wildman–Crippen MR) is 60.8 cm³/mol. The van der Waals surface area contributed by atoms with Crippen molar-refractivity contribution in [3.8, 4) is 0 Å². The van der Waals surface area contributed by atoms with Crippen molar-refractivity contribution in [2.75, 3.05) is 14.2 Å². The molecule has 0 aromatic rings. The summed E-state index contributed by atoms with van der Waals surface area (Å²) in [7, 11) is 3.00. The normalized spacial score (nSPS) is 35.2. The summed E-state index contributed by atoms with van der Waals surface area (Å²) in [5.74, 6) is -2.13. The van der Waals surface area contributed by atoms with E-state index in [1.807, 2.05) is 0 Å². The Labute approximate surface area is 111 Å². The van der Waals surface area contributed by atoms with Crippen molar-refractivity contribution in [2.24, 2.45) is 5.92 Å². The van der Waals surface area contributed by atoms with Crippen molar-refractivity contribution < 1.29 is 33.3 Å². The fourth-order valence-electron chi connectivity index (χ4n) is 2.82. The van der Waals surface area contributed by atoms with Gasteiger partial charge >= 0.3 is 11.9 Å². The first kappa shape index (κ1) is 14.2. The summed E-state index contributed by atoms with van der Waals surface area (Å²) in [6.45, 7) is 2.62. The first-order valence-corrected chi connectivity index (χ1v) is 6.03. The maximum atomic E-state index is 11.2. The van der Waals surface area contributed by atoms with Crippen LogP contribution < -0.4 is 0 Å². The quantitative estimate of drug-likeness (QED) is 0.535. The van der Waals surface area contributed by atoms with Crippen molar-refractivity contribution >= 4 is 11.9 Å². The zero-order valence-corrected chi connectivity index (χ0v) is 11.4. The molecule has 2 aliphatic rings. The van der Waals surface area contributed by atoms with Crippen LogP contribution in [0.1, 0.15) is 20.3 Å². The van der Waals surface area contributed by atoms with E-state index in [1.165, 1.54) is 28.1 Å². The molecule has 2 bridgehead atoms. The summed E-state index contributed by atoms with van der Waals surface area (Å²) in [6.07, 6.45) is -1.45. The van der Waals surface area contributed by atoms with Gasteiger partial charge < -0.3 is 23.7 Å². The molecule has 0 spiro atoms. The highest BCUT2D eigenvalue weighted by molar-refractivity contribution is 5.67. The molecule has 1 aliphatic heterocycles. The van der Waals surface area contributed by atoms with Gasteiger partial charge in [0, 0.05) is 34.5 Å². The van der Waals surface area contributed by atoms with Gasteiger partial charge in [-0.3, -0.25) is 9.59 Å². The van der Waals surface area contributed by atoms with Crippen LogP contribution in [0.3, 0.4) is 0 Å². The maximum absolute atomic E-state index is 11.2. The molecule has 2 rings (SSSR count). The van der Waals surface area contributed by atoms with Crippen LogP contribution >= 0.6 is 0 Å². The smallest absolute Gasteiger partial charge is 0.304 e. The molecule has 0 aromatic carbocycles. The standard InChI is InChI=1S/C12H18O7/c1-6(13)17-9-8-5-12(15-3,16-4)10(9)19-11(8)18-7(2)14/h8-11H,5H2,1-4H3/t8-,9?,10-,11-/m1/s1. The number of rotatable bonds is 4. The third-order valence-corrected chi connectivity index (χ3v) is 3.58. The van der Waals surface area contributed by atoms with Gasteiger partial charge in [0.05, 0.1) is 5.92 Å². The highest BCUT2D eigenvalue weighted by Gasteiger charge is 2.66. The molecular weight excluding hydrogens is 256 g/mol. The number of hydrogen-bond donors (Lipinski definition) is 0. The molecule has 1 unspecified atom stereocenters. The van der Waals surface area contributed by atoms with Gasteiger partial charge in [-0.25, -0.2) is 0 Å². The van der Waals surface area contributed by atoms with E-state index in [9.17, 15) is 9.59 Å². The molecule has 7 nitrogen and oxygen atoms in total. The molecule has 7 heteroatoms. The minimum atomic E-state index is -0.971. The van der Waals surface area contributed by atoms with E-state index < -0.39 is 36.2 Å². The molecular formula is C12H18O7. The zero-order valence-electron chi connectivity index (χ0n) is 11.4. The van der Waals surface area contributed by atoms with Crippen LogP contribution in [0.15, 0.2) is 0 Å². The average Bonchev–Trinajstić information content (AvgIpc) is 2.80. The van der Waals surface area contributed by atoms with Gasteiger partial charge in [-0.2, -0.15) is 0 Å². The van der Waals surface area contributed by atoms with Crippen molar-refractivity contribution in [2.45, 2.75) is 44.6 Å². The van der Waals surface area contributed by atoms with Crippen LogP contribution in [0.2, 0.25) is 0 Å². The molecule has 1 saturated heterocycles. The van der Waals surface area contributed by atoms with Gasteiger partial charge in [0.1, 0.15) is 6.10 Å². The van der Waals surface area contributed by atoms with Crippen molar-refractivity contribution in [3.05, 3.63) is 0 Å². The van der Waals surface area contributed by atoms with Gasteiger partial charge in [0.25, 0.3) is 0 Å². The Bertz CT molecular complexity index is 376. The number of hydrogen-bond acceptors (Lipinski definition) is 7. The number of ether oxygens (including phenoxy) is 5. The van der Waals surface area contributed by atoms with Crippen LogP contribution in [0.5, 0.6) is 0 Å². The van der Waals surface area contributed by atoms with Crippen LogP contribution in [0.25, 0.3) is 0 Å². The third kappa shape index (κ3) is 2.33. The molecule has 2 fully saturated rings. The topological polar surface area (TPSA) is 80.3 Å². The van der Waals surface area contributed by atoms with Crippen molar-refractivity contribution in [1.82, 2.24) is 0 Å². The van der Waals surface area contributed by atoms with Crippen molar-refractivity contribution in [1.29, 1.82) is 0 Å². The van der Waals surface area contributed by atoms with E-state index in [-0.39, 0.29) is 5.92 Å². The number of carbonyl (C=O) groups excluding carboxylic acids is 2. The summed E-state index contributed by atoms with van der Waals surface area (Å²) in [5.41, 5.74) is 0. The monoisotopic (exact) mass is 274 g/mol. The molecule has 0 N–H and O–H groups in total. The van der Waals surface area contributed by atoms with Gasteiger partial charge in [0.2, 0.25) is 6.29 Å². The molecule has 1 saturated carbocycles. The van der Waals surface area contributed by atoms with E-state index in [4.69, 9.17) is 23.7 Å². The fraction of sp³-hybridized carbons (Fsp3) is 0.833. The molecule has 108 valence electrons. The minimum Gasteiger partial charge on any atom is -0.459 e. The van der Waals surface area contributed by atoms with Gasteiger partial charge in [-0.05, 0) is 0 Å². The maximum Gasteiger partial charge on any atom is 0.304 e. The summed E-state index contributed by atoms with van der Waals surface area (Å²) in [5, 5.41) is 0. The molecule has 0 amide bonds. The molecule has 1 aliphatic carbocycles. The second kappa shape index (κ2) is 5.07. The summed E-state index contributed by atoms with van der Waals surface area (Å²) >= 11 is 0. The fourth-order valence-corrected chi connectivity index (χ4v) is 2.82. The first-order chi connectivity index (χ1) is 8.93. The highest BCUT2D eigenvalue weighted by atomic mass is 16.8. The Morgan fingerprint density at radius 2 is 1.68 bits per heavy atom. The van der Waals surface area contributed by atoms with Gasteiger partial charge in [-0.1, -0.05) is 0 Å². The lowest BCUT2D eigenvalue weighted by Crippen LogP contribution is -2.49. The van der Waals surface area contributed by atoms with E-state index in [2.05, 4.69) is 0 Å². The van der Waals surface area contributed by atoms with Crippen LogP contribution in [0, 0.1) is 5.92 Å². The van der Waals surface area contributed by atoms with Crippen LogP contribution in [-0.2, 0) is 33.3 Å². The Balaban J connectivity index is 2.19. The van der Waals surface area contributed by atoms with E-state index in [0.29, 0.717) is 6.42 Å². The second-order valence-electron chi connectivity index (χ2n) is 4.70. The minimum absolute atomic E-state index is 0.294. The largest absolute Gasteiger partial charge is 0.459 e. The van der Waals surface area contributed by atoms with E-state index >= 15 is 0 Å². The second-order valence-corrected chi connectivity index (χ2v) is 4.70. The predicted octanol–water partition coefficient (Wildman–Crippen LogP) is 0.215. The number of carbonyl (C=O) groups is 2. The Morgan fingerprint density at radius 1 is 1.11 bits per heavy atom. The third-order valence-electron chi connectivity index (χ3n) is 3.58. The Kier molecular flexibility index (Phi) is 3.80. The lowest BCUT2D eigenvalue weighted by atomic mass is 10.1. The summed E-state index contributed by atoms with van der Waals surface area (Å²) in [6, 6.07) is 0.